The fourth-order valence-electron chi connectivity index (χ4n) is 3.15. The van der Waals surface area contributed by atoms with Crippen LogP contribution in [-0.2, 0) is 0 Å². The van der Waals surface area contributed by atoms with Crippen molar-refractivity contribution < 1.29 is 9.21 Å². The van der Waals surface area contributed by atoms with Gasteiger partial charge in [0.2, 0.25) is 0 Å². The van der Waals surface area contributed by atoms with Crippen molar-refractivity contribution in [1.29, 1.82) is 0 Å². The maximum Gasteiger partial charge on any atom is 0.260 e. The van der Waals surface area contributed by atoms with Gasteiger partial charge in [-0.1, -0.05) is 42.5 Å². The highest BCUT2D eigenvalue weighted by Gasteiger charge is 2.18. The molecule has 1 amide bonds. The summed E-state index contributed by atoms with van der Waals surface area (Å²) in [7, 11) is 0. The molecule has 0 unspecified atom stereocenters. The number of pyridine rings is 1. The molecule has 2 aromatic carbocycles. The van der Waals surface area contributed by atoms with Crippen molar-refractivity contribution in [1.82, 2.24) is 4.98 Å². The van der Waals surface area contributed by atoms with Gasteiger partial charge in [-0.05, 0) is 38.1 Å². The molecule has 1 N–H and O–H groups in total. The summed E-state index contributed by atoms with van der Waals surface area (Å²) in [6.45, 7) is 3.58. The number of anilines is 1. The van der Waals surface area contributed by atoms with Gasteiger partial charge in [-0.2, -0.15) is 0 Å². The summed E-state index contributed by atoms with van der Waals surface area (Å²) < 4.78 is 6.09. The molecule has 0 saturated carbocycles. The quantitative estimate of drug-likeness (QED) is 0.566. The SMILES string of the molecule is Cc1cccc(NC(=O)c2cccc3c(=O)c(C)c(-c4ccccc4)oc23)n1. The Morgan fingerprint density at radius 3 is 2.43 bits per heavy atom. The molecule has 0 atom stereocenters. The number of hydrogen-bond acceptors (Lipinski definition) is 4. The topological polar surface area (TPSA) is 72.2 Å². The molecule has 0 aliphatic carbocycles. The molecule has 28 heavy (non-hydrogen) atoms. The normalized spacial score (nSPS) is 10.8. The fourth-order valence-corrected chi connectivity index (χ4v) is 3.15. The zero-order valence-corrected chi connectivity index (χ0v) is 15.5. The molecule has 138 valence electrons. The summed E-state index contributed by atoms with van der Waals surface area (Å²) in [6.07, 6.45) is 0. The molecule has 4 rings (SSSR count). The van der Waals surface area contributed by atoms with Crippen molar-refractivity contribution in [3.8, 4) is 11.3 Å². The number of benzene rings is 2. The van der Waals surface area contributed by atoms with Crippen molar-refractivity contribution in [3.05, 3.63) is 93.8 Å². The van der Waals surface area contributed by atoms with E-state index in [1.54, 1.807) is 31.2 Å². The molecule has 2 aromatic heterocycles. The second kappa shape index (κ2) is 7.12. The van der Waals surface area contributed by atoms with E-state index in [2.05, 4.69) is 10.3 Å². The van der Waals surface area contributed by atoms with Crippen molar-refractivity contribution >= 4 is 22.7 Å². The molecule has 2 heterocycles. The van der Waals surface area contributed by atoms with E-state index in [4.69, 9.17) is 4.42 Å². The lowest BCUT2D eigenvalue weighted by atomic mass is 10.0. The van der Waals surface area contributed by atoms with Crippen LogP contribution in [0.15, 0.2) is 75.9 Å². The summed E-state index contributed by atoms with van der Waals surface area (Å²) in [5.74, 6) is 0.529. The van der Waals surface area contributed by atoms with Crippen molar-refractivity contribution in [2.75, 3.05) is 5.32 Å². The van der Waals surface area contributed by atoms with Crippen LogP contribution in [0.2, 0.25) is 0 Å². The van der Waals surface area contributed by atoms with Gasteiger partial charge < -0.3 is 9.73 Å². The number of rotatable bonds is 3. The molecule has 0 fully saturated rings. The lowest BCUT2D eigenvalue weighted by Crippen LogP contribution is -2.15. The average Bonchev–Trinajstić information content (AvgIpc) is 2.71. The molecule has 5 heteroatoms. The highest BCUT2D eigenvalue weighted by molar-refractivity contribution is 6.11. The number of carbonyl (C=O) groups excluding carboxylic acids is 1. The molecular weight excluding hydrogens is 352 g/mol. The summed E-state index contributed by atoms with van der Waals surface area (Å²) in [6, 6.07) is 19.8. The molecule has 0 aliphatic heterocycles. The van der Waals surface area contributed by atoms with Gasteiger partial charge in [-0.3, -0.25) is 9.59 Å². The number of carbonyl (C=O) groups is 1. The van der Waals surface area contributed by atoms with E-state index in [1.807, 2.05) is 49.4 Å². The third kappa shape index (κ3) is 3.18. The summed E-state index contributed by atoms with van der Waals surface area (Å²) in [4.78, 5) is 30.1. The van der Waals surface area contributed by atoms with E-state index < -0.39 is 0 Å². The lowest BCUT2D eigenvalue weighted by Gasteiger charge is -2.11. The maximum atomic E-state index is 12.9. The second-order valence-electron chi connectivity index (χ2n) is 6.55. The Hall–Kier alpha value is -3.73. The molecule has 0 bridgehead atoms. The molecule has 0 radical (unpaired) electrons. The Balaban J connectivity index is 1.86. The summed E-state index contributed by atoms with van der Waals surface area (Å²) >= 11 is 0. The van der Waals surface area contributed by atoms with Crippen LogP contribution in [0, 0.1) is 13.8 Å². The van der Waals surface area contributed by atoms with Crippen LogP contribution in [0.5, 0.6) is 0 Å². The summed E-state index contributed by atoms with van der Waals surface area (Å²) in [5, 5.41) is 3.15. The number of amides is 1. The number of hydrogen-bond donors (Lipinski definition) is 1. The predicted octanol–water partition coefficient (Wildman–Crippen LogP) is 4.72. The Kier molecular flexibility index (Phi) is 4.49. The molecule has 0 saturated heterocycles. The van der Waals surface area contributed by atoms with Gasteiger partial charge in [0.05, 0.1) is 10.9 Å². The van der Waals surface area contributed by atoms with Crippen LogP contribution in [0.1, 0.15) is 21.6 Å². The number of nitrogens with one attached hydrogen (secondary N) is 1. The van der Waals surface area contributed by atoms with E-state index in [0.717, 1.165) is 11.3 Å². The van der Waals surface area contributed by atoms with Gasteiger partial charge in [-0.15, -0.1) is 0 Å². The highest BCUT2D eigenvalue weighted by atomic mass is 16.3. The Labute approximate surface area is 161 Å². The number of para-hydroxylation sites is 1. The van der Waals surface area contributed by atoms with Crippen LogP contribution >= 0.6 is 0 Å². The zero-order valence-electron chi connectivity index (χ0n) is 15.5. The summed E-state index contributed by atoms with van der Waals surface area (Å²) in [5.41, 5.74) is 2.50. The van der Waals surface area contributed by atoms with Gasteiger partial charge in [0.25, 0.3) is 5.91 Å². The Morgan fingerprint density at radius 1 is 0.929 bits per heavy atom. The minimum Gasteiger partial charge on any atom is -0.455 e. The molecule has 5 nitrogen and oxygen atoms in total. The van der Waals surface area contributed by atoms with E-state index >= 15 is 0 Å². The first-order valence-corrected chi connectivity index (χ1v) is 8.91. The van der Waals surface area contributed by atoms with Gasteiger partial charge >= 0.3 is 0 Å². The second-order valence-corrected chi connectivity index (χ2v) is 6.55. The van der Waals surface area contributed by atoms with Crippen LogP contribution in [0.25, 0.3) is 22.3 Å². The fraction of sp³-hybridized carbons (Fsp3) is 0.0870. The lowest BCUT2D eigenvalue weighted by molar-refractivity contribution is 0.102. The highest BCUT2D eigenvalue weighted by Crippen LogP contribution is 2.27. The Morgan fingerprint density at radius 2 is 1.68 bits per heavy atom. The number of aromatic nitrogens is 1. The van der Waals surface area contributed by atoms with Gasteiger partial charge in [0.1, 0.15) is 11.6 Å². The van der Waals surface area contributed by atoms with E-state index in [9.17, 15) is 9.59 Å². The van der Waals surface area contributed by atoms with Crippen LogP contribution in [0.3, 0.4) is 0 Å². The average molecular weight is 370 g/mol. The minimum atomic E-state index is -0.380. The molecule has 0 aliphatic rings. The monoisotopic (exact) mass is 370 g/mol. The van der Waals surface area contributed by atoms with Crippen LogP contribution in [0.4, 0.5) is 5.82 Å². The first-order valence-electron chi connectivity index (χ1n) is 8.91. The smallest absolute Gasteiger partial charge is 0.260 e. The first-order chi connectivity index (χ1) is 13.5. The van der Waals surface area contributed by atoms with E-state index in [-0.39, 0.29) is 22.5 Å². The third-order valence-electron chi connectivity index (χ3n) is 4.56. The molecular formula is C23H18N2O3. The van der Waals surface area contributed by atoms with Crippen LogP contribution in [-0.4, -0.2) is 10.9 Å². The van der Waals surface area contributed by atoms with Crippen molar-refractivity contribution in [3.63, 3.8) is 0 Å². The van der Waals surface area contributed by atoms with Gasteiger partial charge in [0.15, 0.2) is 11.0 Å². The van der Waals surface area contributed by atoms with Crippen LogP contribution < -0.4 is 10.7 Å². The number of nitrogens with zero attached hydrogens (tertiary/aromatic N) is 1. The third-order valence-corrected chi connectivity index (χ3v) is 4.56. The zero-order chi connectivity index (χ0) is 19.7. The predicted molar refractivity (Wildman–Crippen MR) is 110 cm³/mol. The number of aryl methyl sites for hydroxylation is 1. The largest absolute Gasteiger partial charge is 0.455 e. The van der Waals surface area contributed by atoms with Crippen molar-refractivity contribution in [2.45, 2.75) is 13.8 Å². The van der Waals surface area contributed by atoms with E-state index in [0.29, 0.717) is 22.5 Å². The van der Waals surface area contributed by atoms with Gasteiger partial charge in [0, 0.05) is 16.8 Å². The first kappa shape index (κ1) is 17.7. The molecule has 4 aromatic rings. The standard InChI is InChI=1S/C23H18N2O3/c1-14-8-6-13-19(24-14)25-23(27)18-12-7-11-17-20(26)15(2)21(28-22(17)18)16-9-4-3-5-10-16/h3-13H,1-2H3,(H,24,25,27). The van der Waals surface area contributed by atoms with Crippen molar-refractivity contribution in [2.24, 2.45) is 0 Å². The van der Waals surface area contributed by atoms with E-state index in [1.165, 1.54) is 0 Å². The molecule has 0 spiro atoms. The number of fused-ring (bicyclic) bond motifs is 1. The maximum absolute atomic E-state index is 12.9. The van der Waals surface area contributed by atoms with Gasteiger partial charge in [-0.25, -0.2) is 4.98 Å². The minimum absolute atomic E-state index is 0.150. The Bertz CT molecular complexity index is 1240.